The number of likely N-dealkylation sites (tertiary alicyclic amines) is 1. The summed E-state index contributed by atoms with van der Waals surface area (Å²) < 4.78 is 39.6. The number of halogens is 3. The molecule has 0 spiro atoms. The first-order chi connectivity index (χ1) is 14.3. The fraction of sp³-hybridized carbons (Fsp3) is 0.708. The van der Waals surface area contributed by atoms with Gasteiger partial charge in [-0.15, -0.1) is 0 Å². The van der Waals surface area contributed by atoms with Gasteiger partial charge >= 0.3 is 6.18 Å². The molecule has 1 aliphatic heterocycles. The summed E-state index contributed by atoms with van der Waals surface area (Å²) in [6.07, 6.45) is 4.12. The Morgan fingerprint density at radius 2 is 1.70 bits per heavy atom. The predicted octanol–water partition coefficient (Wildman–Crippen LogP) is 4.65. The van der Waals surface area contributed by atoms with Crippen molar-refractivity contribution in [1.29, 1.82) is 0 Å². The second-order valence-corrected chi connectivity index (χ2v) is 10.4. The number of benzene rings is 1. The quantitative estimate of drug-likeness (QED) is 0.752. The van der Waals surface area contributed by atoms with Crippen molar-refractivity contribution in [2.45, 2.75) is 63.6 Å². The van der Waals surface area contributed by atoms with Crippen molar-refractivity contribution in [2.75, 3.05) is 19.6 Å². The smallest absolute Gasteiger partial charge is 0.352 e. The van der Waals surface area contributed by atoms with E-state index < -0.39 is 11.7 Å². The van der Waals surface area contributed by atoms with Crippen LogP contribution < -0.4 is 5.32 Å². The van der Waals surface area contributed by atoms with Crippen LogP contribution in [0.15, 0.2) is 24.3 Å². The normalized spacial score (nSPS) is 35.7. The number of alkyl halides is 3. The fourth-order valence-electron chi connectivity index (χ4n) is 7.17. The molecule has 164 valence electrons. The molecule has 4 bridgehead atoms. The van der Waals surface area contributed by atoms with E-state index in [4.69, 9.17) is 0 Å². The zero-order chi connectivity index (χ0) is 20.9. The first-order valence-electron chi connectivity index (χ1n) is 11.5. The highest BCUT2D eigenvalue weighted by molar-refractivity contribution is 5.83. The molecule has 1 atom stereocenters. The Morgan fingerprint density at radius 1 is 1.07 bits per heavy atom. The molecule has 1 heterocycles. The Hall–Kier alpha value is -1.56. The topological polar surface area (TPSA) is 32.3 Å². The molecule has 1 aromatic carbocycles. The number of amides is 1. The molecule has 1 aromatic rings. The number of hydrogen-bond donors (Lipinski definition) is 1. The van der Waals surface area contributed by atoms with Crippen LogP contribution in [0.25, 0.3) is 0 Å². The van der Waals surface area contributed by atoms with Gasteiger partial charge in [0, 0.05) is 31.1 Å². The maximum atomic E-state index is 13.2. The average Bonchev–Trinajstić information content (AvgIpc) is 3.12. The SMILES string of the molecule is O=C(N[C@H]1CCN(CCc2ccccc2C(F)(F)F)C1)C12CC3CC(CC(C3)C1)C2. The van der Waals surface area contributed by atoms with Crippen LogP contribution in [0.4, 0.5) is 13.2 Å². The minimum Gasteiger partial charge on any atom is -0.352 e. The molecule has 6 rings (SSSR count). The monoisotopic (exact) mass is 420 g/mol. The Bertz CT molecular complexity index is 771. The molecule has 4 saturated carbocycles. The first-order valence-corrected chi connectivity index (χ1v) is 11.5. The number of carbonyl (C=O) groups excluding carboxylic acids is 1. The zero-order valence-electron chi connectivity index (χ0n) is 17.4. The van der Waals surface area contributed by atoms with Crippen LogP contribution in [-0.4, -0.2) is 36.5 Å². The second-order valence-electron chi connectivity index (χ2n) is 10.4. The van der Waals surface area contributed by atoms with Gasteiger partial charge in [0.2, 0.25) is 5.91 Å². The van der Waals surface area contributed by atoms with E-state index >= 15 is 0 Å². The maximum absolute atomic E-state index is 13.2. The van der Waals surface area contributed by atoms with Crippen molar-refractivity contribution < 1.29 is 18.0 Å². The van der Waals surface area contributed by atoms with Crippen molar-refractivity contribution in [3.05, 3.63) is 35.4 Å². The molecule has 0 aromatic heterocycles. The van der Waals surface area contributed by atoms with E-state index in [0.29, 0.717) is 18.5 Å². The molecular weight excluding hydrogens is 389 g/mol. The van der Waals surface area contributed by atoms with E-state index in [9.17, 15) is 18.0 Å². The van der Waals surface area contributed by atoms with Gasteiger partial charge in [0.15, 0.2) is 0 Å². The minimum absolute atomic E-state index is 0.128. The van der Waals surface area contributed by atoms with Gasteiger partial charge in [-0.05, 0) is 80.8 Å². The average molecular weight is 421 g/mol. The summed E-state index contributed by atoms with van der Waals surface area (Å²) in [7, 11) is 0. The Balaban J connectivity index is 1.15. The third-order valence-corrected chi connectivity index (χ3v) is 8.15. The lowest BCUT2D eigenvalue weighted by atomic mass is 9.49. The largest absolute Gasteiger partial charge is 0.416 e. The van der Waals surface area contributed by atoms with E-state index in [1.165, 1.54) is 25.3 Å². The van der Waals surface area contributed by atoms with Crippen LogP contribution >= 0.6 is 0 Å². The zero-order valence-corrected chi connectivity index (χ0v) is 17.4. The summed E-state index contributed by atoms with van der Waals surface area (Å²) in [5, 5.41) is 3.34. The number of rotatable bonds is 5. The lowest BCUT2D eigenvalue weighted by molar-refractivity contribution is -0.147. The third-order valence-electron chi connectivity index (χ3n) is 8.15. The summed E-state index contributed by atoms with van der Waals surface area (Å²) in [5.41, 5.74) is -0.310. The summed E-state index contributed by atoms with van der Waals surface area (Å²) in [4.78, 5) is 15.4. The Kier molecular flexibility index (Phi) is 5.11. The van der Waals surface area contributed by atoms with Gasteiger partial charge in [0.25, 0.3) is 0 Å². The van der Waals surface area contributed by atoms with Crippen molar-refractivity contribution in [3.63, 3.8) is 0 Å². The standard InChI is InChI=1S/C24H31F3N2O/c25-24(26,27)21-4-2-1-3-19(21)5-7-29-8-6-20(15-29)28-22(30)23-12-16-9-17(13-23)11-18(10-16)14-23/h1-4,16-18,20H,5-15H2,(H,28,30)/t16?,17?,18?,20-,23?/m0/s1. The van der Waals surface area contributed by atoms with Gasteiger partial charge in [-0.1, -0.05) is 18.2 Å². The molecular formula is C24H31F3N2O. The highest BCUT2D eigenvalue weighted by Gasteiger charge is 2.54. The Morgan fingerprint density at radius 3 is 2.33 bits per heavy atom. The molecule has 0 unspecified atom stereocenters. The number of nitrogens with one attached hydrogen (secondary N) is 1. The van der Waals surface area contributed by atoms with Crippen molar-refractivity contribution in [2.24, 2.45) is 23.2 Å². The van der Waals surface area contributed by atoms with Crippen LogP contribution in [-0.2, 0) is 17.4 Å². The number of nitrogens with zero attached hydrogens (tertiary/aromatic N) is 1. The van der Waals surface area contributed by atoms with Crippen LogP contribution in [0.2, 0.25) is 0 Å². The van der Waals surface area contributed by atoms with Crippen molar-refractivity contribution in [1.82, 2.24) is 10.2 Å². The molecule has 1 saturated heterocycles. The summed E-state index contributed by atoms with van der Waals surface area (Å²) >= 11 is 0. The molecule has 6 heteroatoms. The van der Waals surface area contributed by atoms with E-state index in [0.717, 1.165) is 62.6 Å². The number of hydrogen-bond acceptors (Lipinski definition) is 2. The summed E-state index contributed by atoms with van der Waals surface area (Å²) in [5.74, 6) is 2.50. The third kappa shape index (κ3) is 3.88. The van der Waals surface area contributed by atoms with Gasteiger partial charge in [0.1, 0.15) is 0 Å². The molecule has 1 amide bonds. The highest BCUT2D eigenvalue weighted by atomic mass is 19.4. The van der Waals surface area contributed by atoms with Gasteiger partial charge in [-0.3, -0.25) is 4.79 Å². The predicted molar refractivity (Wildman–Crippen MR) is 109 cm³/mol. The number of carbonyl (C=O) groups is 1. The molecule has 3 nitrogen and oxygen atoms in total. The fourth-order valence-corrected chi connectivity index (χ4v) is 7.17. The van der Waals surface area contributed by atoms with E-state index in [1.807, 2.05) is 0 Å². The van der Waals surface area contributed by atoms with Gasteiger partial charge < -0.3 is 10.2 Å². The molecule has 1 N–H and O–H groups in total. The van der Waals surface area contributed by atoms with E-state index in [2.05, 4.69) is 10.2 Å². The second kappa shape index (κ2) is 7.54. The van der Waals surface area contributed by atoms with Gasteiger partial charge in [0.05, 0.1) is 5.56 Å². The summed E-state index contributed by atoms with van der Waals surface area (Å²) in [6.45, 7) is 2.17. The van der Waals surface area contributed by atoms with E-state index in [1.54, 1.807) is 12.1 Å². The maximum Gasteiger partial charge on any atom is 0.416 e. The highest BCUT2D eigenvalue weighted by Crippen LogP contribution is 2.60. The van der Waals surface area contributed by atoms with Crippen LogP contribution in [0, 0.1) is 23.2 Å². The molecule has 5 aliphatic rings. The first kappa shape index (κ1) is 20.3. The van der Waals surface area contributed by atoms with Crippen LogP contribution in [0.3, 0.4) is 0 Å². The van der Waals surface area contributed by atoms with Crippen molar-refractivity contribution >= 4 is 5.91 Å². The molecule has 5 fully saturated rings. The van der Waals surface area contributed by atoms with E-state index in [-0.39, 0.29) is 17.4 Å². The van der Waals surface area contributed by atoms with Crippen LogP contribution in [0.5, 0.6) is 0 Å². The lowest BCUT2D eigenvalue weighted by Crippen LogP contribution is -2.55. The minimum atomic E-state index is -4.31. The van der Waals surface area contributed by atoms with Gasteiger partial charge in [-0.25, -0.2) is 0 Å². The summed E-state index contributed by atoms with van der Waals surface area (Å²) in [6, 6.07) is 5.98. The Labute approximate surface area is 176 Å². The lowest BCUT2D eigenvalue weighted by Gasteiger charge is -2.55. The van der Waals surface area contributed by atoms with Gasteiger partial charge in [-0.2, -0.15) is 13.2 Å². The molecule has 30 heavy (non-hydrogen) atoms. The van der Waals surface area contributed by atoms with Crippen molar-refractivity contribution in [3.8, 4) is 0 Å². The molecule has 0 radical (unpaired) electrons. The molecule has 4 aliphatic carbocycles. The van der Waals surface area contributed by atoms with Crippen LogP contribution in [0.1, 0.15) is 56.1 Å².